The highest BCUT2D eigenvalue weighted by Crippen LogP contribution is 2.19. The van der Waals surface area contributed by atoms with Crippen LogP contribution in [-0.2, 0) is 9.53 Å². The third-order valence-electron chi connectivity index (χ3n) is 2.64. The highest BCUT2D eigenvalue weighted by atomic mass is 35.5. The number of esters is 1. The molecule has 0 radical (unpaired) electrons. The Balaban J connectivity index is 2.94. The first-order valence-electron chi connectivity index (χ1n) is 5.80. The third-order valence-corrected chi connectivity index (χ3v) is 2.97. The number of nitrogens with one attached hydrogen (secondary N) is 1. The number of carbonyl (C=O) groups excluding carboxylic acids is 2. The van der Waals surface area contributed by atoms with Gasteiger partial charge in [-0.3, -0.25) is 4.79 Å². The van der Waals surface area contributed by atoms with Gasteiger partial charge < -0.3 is 15.8 Å². The molecule has 0 saturated heterocycles. The first-order valence-corrected chi connectivity index (χ1v) is 6.18. The molecule has 104 valence electrons. The van der Waals surface area contributed by atoms with Gasteiger partial charge in [-0.1, -0.05) is 25.4 Å². The number of rotatable bonds is 4. The minimum Gasteiger partial charge on any atom is -0.467 e. The molecule has 0 aliphatic rings. The van der Waals surface area contributed by atoms with E-state index in [0.29, 0.717) is 5.69 Å². The summed E-state index contributed by atoms with van der Waals surface area (Å²) in [6.07, 6.45) is 0. The van der Waals surface area contributed by atoms with Crippen molar-refractivity contribution in [2.24, 2.45) is 5.92 Å². The Morgan fingerprint density at radius 2 is 2.00 bits per heavy atom. The van der Waals surface area contributed by atoms with Gasteiger partial charge in [0.15, 0.2) is 0 Å². The lowest BCUT2D eigenvalue weighted by molar-refractivity contribution is -0.144. The summed E-state index contributed by atoms with van der Waals surface area (Å²) in [5.41, 5.74) is 6.27. The van der Waals surface area contributed by atoms with Crippen LogP contribution in [0.4, 0.5) is 5.69 Å². The molecule has 1 amide bonds. The summed E-state index contributed by atoms with van der Waals surface area (Å²) >= 11 is 5.93. The normalized spacial score (nSPS) is 12.1. The molecule has 1 aromatic carbocycles. The second-order valence-electron chi connectivity index (χ2n) is 4.46. The number of benzene rings is 1. The zero-order valence-corrected chi connectivity index (χ0v) is 11.8. The average Bonchev–Trinajstić information content (AvgIpc) is 2.37. The molecule has 0 heterocycles. The summed E-state index contributed by atoms with van der Waals surface area (Å²) in [5.74, 6) is -1.05. The number of carbonyl (C=O) groups is 2. The van der Waals surface area contributed by atoms with Crippen molar-refractivity contribution in [2.45, 2.75) is 19.9 Å². The van der Waals surface area contributed by atoms with Gasteiger partial charge in [0.1, 0.15) is 6.04 Å². The largest absolute Gasteiger partial charge is 0.467 e. The van der Waals surface area contributed by atoms with Crippen LogP contribution in [0, 0.1) is 5.92 Å². The molecule has 0 aliphatic carbocycles. The van der Waals surface area contributed by atoms with E-state index in [0.717, 1.165) is 0 Å². The Bertz CT molecular complexity index is 489. The van der Waals surface area contributed by atoms with Gasteiger partial charge in [0.2, 0.25) is 0 Å². The minimum atomic E-state index is -0.727. The van der Waals surface area contributed by atoms with Crippen molar-refractivity contribution < 1.29 is 14.3 Å². The first-order chi connectivity index (χ1) is 8.86. The molecule has 0 saturated carbocycles. The molecule has 5 nitrogen and oxygen atoms in total. The Morgan fingerprint density at radius 1 is 1.37 bits per heavy atom. The van der Waals surface area contributed by atoms with Gasteiger partial charge in [0, 0.05) is 5.69 Å². The van der Waals surface area contributed by atoms with Crippen LogP contribution < -0.4 is 11.1 Å². The SMILES string of the molecule is COC(=O)C(NC(=O)c1cc(N)ccc1Cl)C(C)C. The fourth-order valence-electron chi connectivity index (χ4n) is 1.56. The van der Waals surface area contributed by atoms with Crippen LogP contribution in [0.3, 0.4) is 0 Å². The smallest absolute Gasteiger partial charge is 0.328 e. The van der Waals surface area contributed by atoms with Crippen LogP contribution in [-0.4, -0.2) is 25.0 Å². The second kappa shape index (κ2) is 6.43. The van der Waals surface area contributed by atoms with E-state index in [1.165, 1.54) is 19.2 Å². The van der Waals surface area contributed by atoms with Crippen molar-refractivity contribution in [2.75, 3.05) is 12.8 Å². The number of hydrogen-bond donors (Lipinski definition) is 2. The molecule has 19 heavy (non-hydrogen) atoms. The van der Waals surface area contributed by atoms with E-state index < -0.39 is 17.9 Å². The Kier molecular flexibility index (Phi) is 5.18. The molecule has 1 aromatic rings. The monoisotopic (exact) mass is 284 g/mol. The maximum atomic E-state index is 12.1. The summed E-state index contributed by atoms with van der Waals surface area (Å²) in [5, 5.41) is 2.87. The number of nitrogen functional groups attached to an aromatic ring is 1. The van der Waals surface area contributed by atoms with E-state index in [2.05, 4.69) is 10.1 Å². The van der Waals surface area contributed by atoms with Crippen LogP contribution in [0.1, 0.15) is 24.2 Å². The fraction of sp³-hybridized carbons (Fsp3) is 0.385. The predicted molar refractivity (Wildman–Crippen MR) is 74.0 cm³/mol. The molecule has 0 aromatic heterocycles. The summed E-state index contributed by atoms with van der Waals surface area (Å²) in [4.78, 5) is 23.7. The quantitative estimate of drug-likeness (QED) is 0.653. The van der Waals surface area contributed by atoms with Gasteiger partial charge in [-0.05, 0) is 24.1 Å². The third kappa shape index (κ3) is 3.86. The number of hydrogen-bond acceptors (Lipinski definition) is 4. The molecule has 1 unspecified atom stereocenters. The maximum Gasteiger partial charge on any atom is 0.328 e. The lowest BCUT2D eigenvalue weighted by Crippen LogP contribution is -2.45. The van der Waals surface area contributed by atoms with Crippen molar-refractivity contribution in [3.8, 4) is 0 Å². The Morgan fingerprint density at radius 3 is 2.53 bits per heavy atom. The Labute approximate surface area is 117 Å². The molecule has 1 atom stereocenters. The summed E-state index contributed by atoms with van der Waals surface area (Å²) in [7, 11) is 1.28. The Hall–Kier alpha value is -1.75. The molecule has 0 aliphatic heterocycles. The van der Waals surface area contributed by atoms with Gasteiger partial charge in [-0.15, -0.1) is 0 Å². The van der Waals surface area contributed by atoms with Crippen molar-refractivity contribution in [3.63, 3.8) is 0 Å². The van der Waals surface area contributed by atoms with E-state index in [1.54, 1.807) is 6.07 Å². The molecule has 0 fully saturated rings. The van der Waals surface area contributed by atoms with Gasteiger partial charge >= 0.3 is 5.97 Å². The van der Waals surface area contributed by atoms with E-state index in [9.17, 15) is 9.59 Å². The van der Waals surface area contributed by atoms with Crippen LogP contribution in [0.2, 0.25) is 5.02 Å². The molecule has 0 spiro atoms. The zero-order chi connectivity index (χ0) is 14.6. The lowest BCUT2D eigenvalue weighted by atomic mass is 10.0. The summed E-state index contributed by atoms with van der Waals surface area (Å²) < 4.78 is 4.65. The van der Waals surface area contributed by atoms with Crippen LogP contribution >= 0.6 is 11.6 Å². The highest BCUT2D eigenvalue weighted by molar-refractivity contribution is 6.34. The summed E-state index contributed by atoms with van der Waals surface area (Å²) in [6, 6.07) is 3.87. The molecule has 3 N–H and O–H groups in total. The van der Waals surface area contributed by atoms with E-state index in [4.69, 9.17) is 17.3 Å². The van der Waals surface area contributed by atoms with E-state index >= 15 is 0 Å². The van der Waals surface area contributed by atoms with Crippen molar-refractivity contribution in [1.29, 1.82) is 0 Å². The molecule has 6 heteroatoms. The molecular weight excluding hydrogens is 268 g/mol. The molecule has 1 rings (SSSR count). The maximum absolute atomic E-state index is 12.1. The first kappa shape index (κ1) is 15.3. The number of halogens is 1. The zero-order valence-electron chi connectivity index (χ0n) is 11.1. The van der Waals surface area contributed by atoms with Gasteiger partial charge in [0.25, 0.3) is 5.91 Å². The van der Waals surface area contributed by atoms with Gasteiger partial charge in [0.05, 0.1) is 17.7 Å². The highest BCUT2D eigenvalue weighted by Gasteiger charge is 2.26. The molecular formula is C13H17ClN2O3. The standard InChI is InChI=1S/C13H17ClN2O3/c1-7(2)11(13(18)19-3)16-12(17)9-6-8(15)4-5-10(9)14/h4-7,11H,15H2,1-3H3,(H,16,17). The van der Waals surface area contributed by atoms with Crippen LogP contribution in [0.5, 0.6) is 0 Å². The van der Waals surface area contributed by atoms with Crippen molar-refractivity contribution in [1.82, 2.24) is 5.32 Å². The topological polar surface area (TPSA) is 81.4 Å². The predicted octanol–water partition coefficient (Wildman–Crippen LogP) is 1.85. The second-order valence-corrected chi connectivity index (χ2v) is 4.86. The number of nitrogens with two attached hydrogens (primary N) is 1. The van der Waals surface area contributed by atoms with Gasteiger partial charge in [-0.2, -0.15) is 0 Å². The van der Waals surface area contributed by atoms with Crippen molar-refractivity contribution >= 4 is 29.2 Å². The average molecular weight is 285 g/mol. The van der Waals surface area contributed by atoms with E-state index in [1.807, 2.05) is 13.8 Å². The number of anilines is 1. The van der Waals surface area contributed by atoms with Crippen molar-refractivity contribution in [3.05, 3.63) is 28.8 Å². The lowest BCUT2D eigenvalue weighted by Gasteiger charge is -2.20. The summed E-state index contributed by atoms with van der Waals surface area (Å²) in [6.45, 7) is 3.62. The van der Waals surface area contributed by atoms with E-state index in [-0.39, 0.29) is 16.5 Å². The van der Waals surface area contributed by atoms with Gasteiger partial charge in [-0.25, -0.2) is 4.79 Å². The minimum absolute atomic E-state index is 0.101. The van der Waals surface area contributed by atoms with Crippen LogP contribution in [0.25, 0.3) is 0 Å². The van der Waals surface area contributed by atoms with Crippen LogP contribution in [0.15, 0.2) is 18.2 Å². The number of ether oxygens (including phenoxy) is 1. The fourth-order valence-corrected chi connectivity index (χ4v) is 1.76. The molecule has 0 bridgehead atoms. The number of amides is 1. The number of methoxy groups -OCH3 is 1.